The average Bonchev–Trinajstić information content (AvgIpc) is 3.32. The number of methoxy groups -OCH3 is 3. The molecule has 10 nitrogen and oxygen atoms in total. The third-order valence-electron chi connectivity index (χ3n) is 11.7. The number of ether oxygens (including phenoxy) is 5. The molecule has 6 rings (SSSR count). The Bertz CT molecular complexity index is 2330. The average molecular weight is 771 g/mol. The van der Waals surface area contributed by atoms with E-state index in [2.05, 4.69) is 21.0 Å². The number of phenols is 2. The predicted octanol–water partition coefficient (Wildman–Crippen LogP) is 8.47. The molecule has 2 N–H and O–H groups in total. The largest absolute Gasteiger partial charge is 0.507 e. The maximum atomic E-state index is 13.9. The SMILES string of the molecule is CCCCCCCCCC[N+](C)(C)CCOCCOCCCc1c(O)c2c(=O)cc(OC)c3c4c(OC)cc(=O)c5c(O)c(OC)c6c(c(c1CC(C)=C6)c23)c54. The molecule has 302 valence electrons. The van der Waals surface area contributed by atoms with Gasteiger partial charge in [0.1, 0.15) is 23.8 Å². The molecule has 5 aromatic carbocycles. The van der Waals surface area contributed by atoms with Crippen molar-refractivity contribution in [1.29, 1.82) is 0 Å². The zero-order valence-electron chi connectivity index (χ0n) is 34.5. The van der Waals surface area contributed by atoms with E-state index in [1.807, 2.05) is 13.0 Å². The minimum Gasteiger partial charge on any atom is -0.507 e. The van der Waals surface area contributed by atoms with E-state index in [0.29, 0.717) is 83.7 Å². The summed E-state index contributed by atoms with van der Waals surface area (Å²) in [4.78, 5) is 27.6. The van der Waals surface area contributed by atoms with Crippen LogP contribution >= 0.6 is 0 Å². The zero-order chi connectivity index (χ0) is 40.1. The third kappa shape index (κ3) is 7.93. The van der Waals surface area contributed by atoms with Crippen LogP contribution < -0.4 is 25.1 Å². The Morgan fingerprint density at radius 2 is 1.20 bits per heavy atom. The van der Waals surface area contributed by atoms with Gasteiger partial charge in [0, 0.05) is 51.2 Å². The van der Waals surface area contributed by atoms with E-state index >= 15 is 0 Å². The summed E-state index contributed by atoms with van der Waals surface area (Å²) in [6.07, 6.45) is 14.1. The van der Waals surface area contributed by atoms with E-state index in [4.69, 9.17) is 23.7 Å². The van der Waals surface area contributed by atoms with Crippen molar-refractivity contribution in [2.75, 3.05) is 74.9 Å². The lowest BCUT2D eigenvalue weighted by atomic mass is 9.82. The van der Waals surface area contributed by atoms with Gasteiger partial charge in [0.15, 0.2) is 22.4 Å². The molecule has 0 saturated carbocycles. The van der Waals surface area contributed by atoms with Gasteiger partial charge in [-0.1, -0.05) is 57.1 Å². The van der Waals surface area contributed by atoms with E-state index in [1.54, 1.807) is 0 Å². The number of unbranched alkanes of at least 4 members (excludes halogenated alkanes) is 7. The maximum absolute atomic E-state index is 13.9. The van der Waals surface area contributed by atoms with Crippen molar-refractivity contribution in [2.24, 2.45) is 0 Å². The summed E-state index contributed by atoms with van der Waals surface area (Å²) in [7, 11) is 8.97. The highest BCUT2D eigenvalue weighted by Gasteiger charge is 2.32. The first kappa shape index (κ1) is 41.3. The Labute approximate surface area is 329 Å². The van der Waals surface area contributed by atoms with Gasteiger partial charge in [-0.25, -0.2) is 0 Å². The fraction of sp³-hybridized carbons (Fsp3) is 0.522. The third-order valence-corrected chi connectivity index (χ3v) is 11.7. The number of phenolic OH excluding ortho intramolecular Hbond substituents is 2. The van der Waals surface area contributed by atoms with Crippen LogP contribution in [0.1, 0.15) is 88.3 Å². The van der Waals surface area contributed by atoms with Gasteiger partial charge in [-0.2, -0.15) is 0 Å². The van der Waals surface area contributed by atoms with Gasteiger partial charge < -0.3 is 38.4 Å². The van der Waals surface area contributed by atoms with Gasteiger partial charge in [-0.3, -0.25) is 9.59 Å². The number of allylic oxidation sites excluding steroid dienone is 1. The van der Waals surface area contributed by atoms with Crippen molar-refractivity contribution in [3.63, 3.8) is 0 Å². The summed E-state index contributed by atoms with van der Waals surface area (Å²) >= 11 is 0. The summed E-state index contributed by atoms with van der Waals surface area (Å²) in [5, 5.41) is 27.4. The molecule has 0 unspecified atom stereocenters. The first-order chi connectivity index (χ1) is 27.0. The monoisotopic (exact) mass is 770 g/mol. The molecule has 0 atom stereocenters. The van der Waals surface area contributed by atoms with Crippen molar-refractivity contribution < 1.29 is 38.4 Å². The lowest BCUT2D eigenvalue weighted by Gasteiger charge is -2.29. The van der Waals surface area contributed by atoms with E-state index in [-0.39, 0.29) is 44.9 Å². The van der Waals surface area contributed by atoms with Gasteiger partial charge in [0.05, 0.1) is 72.6 Å². The highest BCUT2D eigenvalue weighted by atomic mass is 16.5. The second-order valence-electron chi connectivity index (χ2n) is 16.1. The van der Waals surface area contributed by atoms with Crippen molar-refractivity contribution in [2.45, 2.75) is 84.5 Å². The van der Waals surface area contributed by atoms with Crippen LogP contribution in [0.25, 0.3) is 49.2 Å². The van der Waals surface area contributed by atoms with Crippen LogP contribution in [0.4, 0.5) is 0 Å². The van der Waals surface area contributed by atoms with E-state index in [9.17, 15) is 19.8 Å². The highest BCUT2D eigenvalue weighted by molar-refractivity contribution is 6.39. The predicted molar refractivity (Wildman–Crippen MR) is 226 cm³/mol. The number of rotatable bonds is 22. The zero-order valence-corrected chi connectivity index (χ0v) is 34.5. The molecule has 0 amide bonds. The molecule has 0 aromatic heterocycles. The van der Waals surface area contributed by atoms with Gasteiger partial charge in [-0.05, 0) is 55.5 Å². The van der Waals surface area contributed by atoms with E-state index in [0.717, 1.165) is 34.1 Å². The topological polar surface area (TPSA) is 121 Å². The molecule has 56 heavy (non-hydrogen) atoms. The Hall–Kier alpha value is -4.38. The first-order valence-electron chi connectivity index (χ1n) is 20.4. The van der Waals surface area contributed by atoms with Gasteiger partial charge in [-0.15, -0.1) is 0 Å². The Morgan fingerprint density at radius 3 is 1.80 bits per heavy atom. The van der Waals surface area contributed by atoms with Crippen molar-refractivity contribution in [1.82, 2.24) is 0 Å². The van der Waals surface area contributed by atoms with Gasteiger partial charge in [0.2, 0.25) is 0 Å². The van der Waals surface area contributed by atoms with Crippen LogP contribution in [0.5, 0.6) is 28.7 Å². The molecular weight excluding hydrogens is 711 g/mol. The normalized spacial score (nSPS) is 13.1. The highest BCUT2D eigenvalue weighted by Crippen LogP contribution is 2.55. The van der Waals surface area contributed by atoms with Crippen LogP contribution in [-0.4, -0.2) is 89.6 Å². The summed E-state index contributed by atoms with van der Waals surface area (Å²) in [5.41, 5.74) is 2.26. The Kier molecular flexibility index (Phi) is 13.1. The van der Waals surface area contributed by atoms with E-state index < -0.39 is 5.43 Å². The lowest BCUT2D eigenvalue weighted by molar-refractivity contribution is -0.891. The molecular formula is C46H60NO9+. The number of aromatic hydroxyl groups is 2. The number of hydrogen-bond donors (Lipinski definition) is 2. The summed E-state index contributed by atoms with van der Waals surface area (Å²) < 4.78 is 30.3. The molecule has 0 radical (unpaired) electrons. The molecule has 0 aliphatic heterocycles. The number of likely N-dealkylation sites (N-methyl/N-ethyl adjacent to an activating group) is 1. The smallest absolute Gasteiger partial charge is 0.194 e. The number of hydrogen-bond acceptors (Lipinski definition) is 9. The summed E-state index contributed by atoms with van der Waals surface area (Å²) in [6.45, 7) is 8.47. The summed E-state index contributed by atoms with van der Waals surface area (Å²) in [5.74, 6) is 0.406. The number of fused-ring (bicyclic) bond motifs is 1. The fourth-order valence-corrected chi connectivity index (χ4v) is 8.83. The Balaban J connectivity index is 1.22. The number of nitrogens with zero attached hydrogens (tertiary/aromatic N) is 1. The molecule has 0 saturated heterocycles. The van der Waals surface area contributed by atoms with Gasteiger partial charge >= 0.3 is 0 Å². The number of quaternary nitrogens is 1. The van der Waals surface area contributed by atoms with Crippen LogP contribution in [0.3, 0.4) is 0 Å². The minimum absolute atomic E-state index is 0.0650. The molecule has 0 bridgehead atoms. The van der Waals surface area contributed by atoms with Crippen LogP contribution in [0.15, 0.2) is 27.3 Å². The molecule has 0 spiro atoms. The number of benzene rings is 5. The summed E-state index contributed by atoms with van der Waals surface area (Å²) in [6, 6.07) is 2.71. The first-order valence-corrected chi connectivity index (χ1v) is 20.4. The van der Waals surface area contributed by atoms with Gasteiger partial charge in [0.25, 0.3) is 0 Å². The maximum Gasteiger partial charge on any atom is 0.194 e. The fourth-order valence-electron chi connectivity index (χ4n) is 8.83. The Morgan fingerprint density at radius 1 is 0.625 bits per heavy atom. The standard InChI is InChI=1S/C46H59NO9/c1-8-9-10-11-12-13-14-15-18-47(3,4)19-21-56-23-22-55-20-16-17-29-30-24-28(2)25-31-37-36(30)42-38(44(29)50)32(48)26-34(52-5)40(42)41-35(53-6)27-33(49)39(43(37)41)45(51)46(31)54-7/h25-27H,8-24H2,1-7H3,(H-,48,49,50,51)/p+1. The lowest BCUT2D eigenvalue weighted by Crippen LogP contribution is -2.43. The van der Waals surface area contributed by atoms with Crippen LogP contribution in [0, 0.1) is 0 Å². The van der Waals surface area contributed by atoms with Crippen LogP contribution in [0.2, 0.25) is 0 Å². The van der Waals surface area contributed by atoms with Crippen molar-refractivity contribution in [3.8, 4) is 28.7 Å². The molecule has 0 heterocycles. The molecule has 5 aromatic rings. The minimum atomic E-state index is -0.425. The second-order valence-corrected chi connectivity index (χ2v) is 16.1. The molecule has 1 aliphatic rings. The molecule has 1 aliphatic carbocycles. The van der Waals surface area contributed by atoms with Crippen LogP contribution in [-0.2, 0) is 22.3 Å². The van der Waals surface area contributed by atoms with E-state index in [1.165, 1.54) is 84.8 Å². The molecule has 0 fully saturated rings. The molecule has 10 heteroatoms. The second kappa shape index (κ2) is 17.8. The van der Waals surface area contributed by atoms with Crippen molar-refractivity contribution >= 4 is 49.2 Å². The quantitative estimate of drug-likeness (QED) is 0.0309. The van der Waals surface area contributed by atoms with Crippen molar-refractivity contribution in [3.05, 3.63) is 54.8 Å².